The Kier molecular flexibility index (Phi) is 10.8. The van der Waals surface area contributed by atoms with E-state index in [0.717, 1.165) is 11.3 Å². The molecule has 45 heavy (non-hydrogen) atoms. The van der Waals surface area contributed by atoms with Gasteiger partial charge in [-0.15, -0.1) is 11.6 Å². The molecule has 2 heterocycles. The number of benzene rings is 4. The molecule has 2 aliphatic rings. The van der Waals surface area contributed by atoms with Crippen LogP contribution in [0.5, 0.6) is 5.75 Å². The van der Waals surface area contributed by atoms with Crippen LogP contribution in [-0.4, -0.2) is 36.1 Å². The van der Waals surface area contributed by atoms with Crippen LogP contribution in [0.4, 0.5) is 4.79 Å². The van der Waals surface area contributed by atoms with Gasteiger partial charge in [-0.25, -0.2) is 4.79 Å². The summed E-state index contributed by atoms with van der Waals surface area (Å²) in [7, 11) is 0. The summed E-state index contributed by atoms with van der Waals surface area (Å²) in [5, 5.41) is 6.24. The van der Waals surface area contributed by atoms with Gasteiger partial charge in [-0.2, -0.15) is 0 Å². The van der Waals surface area contributed by atoms with Crippen LogP contribution in [0.25, 0.3) is 0 Å². The van der Waals surface area contributed by atoms with Gasteiger partial charge < -0.3 is 24.8 Å². The van der Waals surface area contributed by atoms with Crippen LogP contribution in [0.2, 0.25) is 0 Å². The van der Waals surface area contributed by atoms with E-state index < -0.39 is 5.79 Å². The lowest BCUT2D eigenvalue weighted by atomic mass is 9.92. The van der Waals surface area contributed by atoms with Crippen LogP contribution in [0.15, 0.2) is 103 Å². The second-order valence-electron chi connectivity index (χ2n) is 12.3. The third-order valence-electron chi connectivity index (χ3n) is 8.07. The zero-order chi connectivity index (χ0) is 31.8. The summed E-state index contributed by atoms with van der Waals surface area (Å²) in [6.07, 6.45) is 0.957. The van der Waals surface area contributed by atoms with Gasteiger partial charge in [0.1, 0.15) is 24.6 Å². The number of carbonyl (C=O) groups excluding carboxylic acids is 1. The average Bonchev–Trinajstić information content (AvgIpc) is 3.32. The number of carbonyl (C=O) groups is 1. The van der Waals surface area contributed by atoms with Crippen molar-refractivity contribution < 1.29 is 19.0 Å². The highest BCUT2D eigenvalue weighted by molar-refractivity contribution is 6.17. The van der Waals surface area contributed by atoms with Crippen molar-refractivity contribution in [1.82, 2.24) is 10.6 Å². The summed E-state index contributed by atoms with van der Waals surface area (Å²) in [6.45, 7) is 8.62. The van der Waals surface area contributed by atoms with Crippen molar-refractivity contribution in [3.05, 3.63) is 137 Å². The summed E-state index contributed by atoms with van der Waals surface area (Å²) in [5.41, 5.74) is 7.06. The minimum atomic E-state index is -0.684. The van der Waals surface area contributed by atoms with Crippen molar-refractivity contribution in [3.8, 4) is 5.75 Å². The van der Waals surface area contributed by atoms with Crippen molar-refractivity contribution in [2.75, 3.05) is 0 Å². The second kappa shape index (κ2) is 15.0. The molecule has 4 atom stereocenters. The molecule has 6 nitrogen and oxygen atoms in total. The molecule has 0 saturated carbocycles. The lowest BCUT2D eigenvalue weighted by Crippen LogP contribution is -2.47. The maximum atomic E-state index is 12.7. The number of fused-ring (bicyclic) bond motifs is 1. The number of aryl methyl sites for hydroxylation is 2. The van der Waals surface area contributed by atoms with Gasteiger partial charge in [0, 0.05) is 5.88 Å². The highest BCUT2D eigenvalue weighted by Gasteiger charge is 2.50. The molecular weight excluding hydrogens is 584 g/mol. The lowest BCUT2D eigenvalue weighted by Gasteiger charge is -2.26. The van der Waals surface area contributed by atoms with E-state index in [2.05, 4.69) is 73.0 Å². The summed E-state index contributed by atoms with van der Waals surface area (Å²) >= 11 is 5.71. The van der Waals surface area contributed by atoms with E-state index in [9.17, 15) is 4.79 Å². The molecule has 0 unspecified atom stereocenters. The van der Waals surface area contributed by atoms with Crippen molar-refractivity contribution in [2.24, 2.45) is 0 Å². The van der Waals surface area contributed by atoms with Crippen LogP contribution < -0.4 is 15.4 Å². The summed E-state index contributed by atoms with van der Waals surface area (Å²) in [5.74, 6) is 0.729. The lowest BCUT2D eigenvalue weighted by molar-refractivity contribution is -0.150. The fourth-order valence-electron chi connectivity index (χ4n) is 5.69. The van der Waals surface area contributed by atoms with Gasteiger partial charge in [0.15, 0.2) is 5.79 Å². The van der Waals surface area contributed by atoms with Crippen LogP contribution in [-0.2, 0) is 34.8 Å². The molecule has 0 aliphatic carbocycles. The van der Waals surface area contributed by atoms with E-state index in [0.29, 0.717) is 25.3 Å². The van der Waals surface area contributed by atoms with Gasteiger partial charge in [0.2, 0.25) is 0 Å². The zero-order valence-electron chi connectivity index (χ0n) is 26.5. The highest BCUT2D eigenvalue weighted by atomic mass is 35.5. The molecular formula is C38H43ClN2O4. The molecule has 6 rings (SSSR count). The molecule has 0 radical (unpaired) electrons. The molecule has 4 aromatic rings. The number of hydrogen-bond donors (Lipinski definition) is 2. The fourth-order valence-corrected chi connectivity index (χ4v) is 5.87. The number of urea groups is 1. The smallest absolute Gasteiger partial charge is 0.315 e. The second-order valence-corrected chi connectivity index (χ2v) is 12.6. The van der Waals surface area contributed by atoms with Crippen LogP contribution in [0, 0.1) is 13.8 Å². The Labute approximate surface area is 272 Å². The number of hydrogen-bond acceptors (Lipinski definition) is 4. The van der Waals surface area contributed by atoms with Crippen LogP contribution in [0.1, 0.15) is 47.2 Å². The van der Waals surface area contributed by atoms with Gasteiger partial charge >= 0.3 is 6.03 Å². The molecule has 2 amide bonds. The molecule has 0 aromatic heterocycles. The van der Waals surface area contributed by atoms with Gasteiger partial charge in [0.25, 0.3) is 0 Å². The van der Waals surface area contributed by atoms with E-state index in [1.807, 2.05) is 68.4 Å². The standard InChI is InChI=1S/C24H30N2O3.C14H13ClO/c1-15-5-9-17(10-6-15)13-19-21-22(29-24(3,4)28-21)20(26-23(27)25-19)14-18-11-7-16(2)8-12-18;15-10-12-6-8-14(9-7-12)16-11-13-4-2-1-3-5-13/h5-12,19-22H,13-14H2,1-4H3,(H2,25,26,27);1-9H,10-11H2/t19-,20-,21+,22+;/m1./s1. The first-order chi connectivity index (χ1) is 21.7. The summed E-state index contributed by atoms with van der Waals surface area (Å²) in [6, 6.07) is 34.3. The first-order valence-corrected chi connectivity index (χ1v) is 16.1. The number of alkyl halides is 1. The molecule has 4 aromatic carbocycles. The molecule has 0 spiro atoms. The van der Waals surface area contributed by atoms with E-state index in [1.54, 1.807) is 0 Å². The van der Waals surface area contributed by atoms with Crippen molar-refractivity contribution >= 4 is 17.6 Å². The monoisotopic (exact) mass is 626 g/mol. The predicted molar refractivity (Wildman–Crippen MR) is 180 cm³/mol. The van der Waals surface area contributed by atoms with Crippen LogP contribution in [0.3, 0.4) is 0 Å². The topological polar surface area (TPSA) is 68.8 Å². The van der Waals surface area contributed by atoms with E-state index in [1.165, 1.54) is 27.8 Å². The average molecular weight is 627 g/mol. The molecule has 2 aliphatic heterocycles. The summed E-state index contributed by atoms with van der Waals surface area (Å²) in [4.78, 5) is 12.7. The van der Waals surface area contributed by atoms with Crippen molar-refractivity contribution in [2.45, 2.75) is 83.1 Å². The van der Waals surface area contributed by atoms with Gasteiger partial charge in [-0.3, -0.25) is 0 Å². The Hall–Kier alpha value is -3.84. The van der Waals surface area contributed by atoms with E-state index >= 15 is 0 Å². The number of halogens is 1. The maximum Gasteiger partial charge on any atom is 0.315 e. The molecule has 2 N–H and O–H groups in total. The molecule has 7 heteroatoms. The number of nitrogens with one attached hydrogen (secondary N) is 2. The Morgan fingerprint density at radius 3 is 1.60 bits per heavy atom. The Bertz CT molecular complexity index is 1440. The SMILES string of the molecule is Cc1ccc(C[C@H]2NC(=O)N[C@H](Cc3ccc(C)cc3)[C@@H]3OC(C)(C)O[C@H]32)cc1.ClCc1ccc(OCc2ccccc2)cc1. The first-order valence-electron chi connectivity index (χ1n) is 15.5. The Balaban J connectivity index is 0.000000211. The van der Waals surface area contributed by atoms with Gasteiger partial charge in [-0.1, -0.05) is 102 Å². The van der Waals surface area contributed by atoms with Gasteiger partial charge in [-0.05, 0) is 74.9 Å². The molecule has 2 fully saturated rings. The third-order valence-corrected chi connectivity index (χ3v) is 8.38. The van der Waals surface area contributed by atoms with Crippen LogP contribution >= 0.6 is 11.6 Å². The predicted octanol–water partition coefficient (Wildman–Crippen LogP) is 7.66. The zero-order valence-corrected chi connectivity index (χ0v) is 27.2. The highest BCUT2D eigenvalue weighted by Crippen LogP contribution is 2.34. The third kappa shape index (κ3) is 9.33. The summed E-state index contributed by atoms with van der Waals surface area (Å²) < 4.78 is 18.2. The molecule has 236 valence electrons. The minimum Gasteiger partial charge on any atom is -0.489 e. The molecule has 2 saturated heterocycles. The number of amides is 2. The van der Waals surface area contributed by atoms with E-state index in [-0.39, 0.29) is 30.3 Å². The minimum absolute atomic E-state index is 0.160. The largest absolute Gasteiger partial charge is 0.489 e. The Morgan fingerprint density at radius 1 is 0.667 bits per heavy atom. The normalized spacial score (nSPS) is 21.8. The quantitative estimate of drug-likeness (QED) is 0.197. The van der Waals surface area contributed by atoms with Crippen molar-refractivity contribution in [3.63, 3.8) is 0 Å². The maximum absolute atomic E-state index is 12.7. The fraction of sp³-hybridized carbons (Fsp3) is 0.342. The van der Waals surface area contributed by atoms with E-state index in [4.69, 9.17) is 25.8 Å². The van der Waals surface area contributed by atoms with Crippen molar-refractivity contribution in [1.29, 1.82) is 0 Å². The number of rotatable bonds is 8. The van der Waals surface area contributed by atoms with Gasteiger partial charge in [0.05, 0.1) is 12.1 Å². The first kappa shape index (κ1) is 32.6. The molecule has 0 bridgehead atoms. The Morgan fingerprint density at radius 2 is 1.13 bits per heavy atom. The number of ether oxygens (including phenoxy) is 3.